The highest BCUT2D eigenvalue weighted by atomic mass is 19.3. The van der Waals surface area contributed by atoms with Crippen molar-refractivity contribution in [1.82, 2.24) is 4.98 Å². The third-order valence-electron chi connectivity index (χ3n) is 3.21. The van der Waals surface area contributed by atoms with Crippen LogP contribution in [0.5, 0.6) is 5.88 Å². The number of Topliss-reactive ketones (excluding diaryl/α,β-unsaturated/α-hetero) is 1. The first-order valence-electron chi connectivity index (χ1n) is 6.78. The van der Waals surface area contributed by atoms with Gasteiger partial charge in [-0.2, -0.15) is 8.78 Å². The van der Waals surface area contributed by atoms with E-state index in [2.05, 4.69) is 4.98 Å². The molecule has 0 amide bonds. The number of carbonyl (C=O) groups excluding carboxylic acids is 1. The highest BCUT2D eigenvalue weighted by molar-refractivity contribution is 5.97. The first-order valence-corrected chi connectivity index (χ1v) is 6.78. The minimum atomic E-state index is -3.49. The van der Waals surface area contributed by atoms with Gasteiger partial charge >= 0.3 is 5.92 Å². The number of ketones is 1. The van der Waals surface area contributed by atoms with E-state index in [1.54, 1.807) is 0 Å². The lowest BCUT2D eigenvalue weighted by Crippen LogP contribution is -2.23. The molecule has 4 nitrogen and oxygen atoms in total. The third-order valence-corrected chi connectivity index (χ3v) is 3.21. The average molecular weight is 299 g/mol. The molecule has 1 heterocycles. The molecule has 116 valence electrons. The Bertz CT molecular complexity index is 552. The van der Waals surface area contributed by atoms with E-state index in [0.29, 0.717) is 0 Å². The molecule has 0 saturated carbocycles. The van der Waals surface area contributed by atoms with Gasteiger partial charge in [0.25, 0.3) is 0 Å². The molecule has 0 aromatic carbocycles. The lowest BCUT2D eigenvalue weighted by atomic mass is 10.0. The Labute approximate surface area is 122 Å². The molecule has 0 bridgehead atoms. The molecule has 6 heteroatoms. The van der Waals surface area contributed by atoms with Gasteiger partial charge in [-0.15, -0.1) is 0 Å². The highest BCUT2D eigenvalue weighted by Crippen LogP contribution is 2.46. The molecule has 2 rings (SSSR count). The summed E-state index contributed by atoms with van der Waals surface area (Å²) in [6.07, 6.45) is 0.184. The number of fused-ring (bicyclic) bond motifs is 1. The first-order chi connectivity index (χ1) is 9.66. The molecule has 21 heavy (non-hydrogen) atoms. The summed E-state index contributed by atoms with van der Waals surface area (Å²) in [6.45, 7) is 5.73. The topological polar surface area (TPSA) is 48.4 Å². The van der Waals surface area contributed by atoms with Crippen LogP contribution in [0.2, 0.25) is 0 Å². The highest BCUT2D eigenvalue weighted by Gasteiger charge is 2.54. The average Bonchev–Trinajstić information content (AvgIpc) is 2.54. The summed E-state index contributed by atoms with van der Waals surface area (Å²) < 4.78 is 38.5. The molecule has 0 radical (unpaired) electrons. The maximum absolute atomic E-state index is 14.0. The van der Waals surface area contributed by atoms with Crippen LogP contribution in [-0.2, 0) is 15.5 Å². The van der Waals surface area contributed by atoms with Crippen molar-refractivity contribution in [2.24, 2.45) is 0 Å². The van der Waals surface area contributed by atoms with E-state index in [-0.39, 0.29) is 30.2 Å². The fourth-order valence-electron chi connectivity index (χ4n) is 2.34. The summed E-state index contributed by atoms with van der Waals surface area (Å²) in [5.41, 5.74) is -0.715. The third kappa shape index (κ3) is 3.05. The van der Waals surface area contributed by atoms with Crippen LogP contribution < -0.4 is 4.74 Å². The summed E-state index contributed by atoms with van der Waals surface area (Å²) in [5.74, 6) is -5.30. The number of ether oxygens (including phenoxy) is 2. The van der Waals surface area contributed by atoms with Crippen LogP contribution in [0.4, 0.5) is 8.78 Å². The van der Waals surface area contributed by atoms with E-state index >= 15 is 0 Å². The standard InChI is InChI=1S/C15H19F2NO3/c1-14(2,3)21-11-6-5-10-12(18-11)9(7-8-20-4)13(19)15(10,16)17/h5-6,9H,7-8H2,1-4H3. The van der Waals surface area contributed by atoms with Crippen molar-refractivity contribution in [2.75, 3.05) is 13.7 Å². The first kappa shape index (κ1) is 15.8. The molecule has 1 atom stereocenters. The van der Waals surface area contributed by atoms with Gasteiger partial charge in [0.05, 0.1) is 17.2 Å². The molecule has 0 saturated heterocycles. The van der Waals surface area contributed by atoms with Crippen molar-refractivity contribution in [3.05, 3.63) is 23.4 Å². The zero-order chi connectivity index (χ0) is 15.8. The van der Waals surface area contributed by atoms with E-state index < -0.39 is 23.2 Å². The Balaban J connectivity index is 2.40. The Morgan fingerprint density at radius 1 is 1.33 bits per heavy atom. The van der Waals surface area contributed by atoms with Gasteiger partial charge in [0, 0.05) is 19.8 Å². The smallest absolute Gasteiger partial charge is 0.332 e. The SMILES string of the molecule is COCCC1C(=O)C(F)(F)c2ccc(OC(C)(C)C)nc21. The van der Waals surface area contributed by atoms with Gasteiger partial charge < -0.3 is 9.47 Å². The monoisotopic (exact) mass is 299 g/mol. The maximum atomic E-state index is 14.0. The van der Waals surface area contributed by atoms with Crippen LogP contribution in [0, 0.1) is 0 Å². The van der Waals surface area contributed by atoms with E-state index in [4.69, 9.17) is 9.47 Å². The Hall–Kier alpha value is -1.56. The van der Waals surface area contributed by atoms with Crippen molar-refractivity contribution in [3.63, 3.8) is 0 Å². The molecular weight excluding hydrogens is 280 g/mol. The van der Waals surface area contributed by atoms with Gasteiger partial charge in [-0.3, -0.25) is 4.79 Å². The summed E-state index contributed by atoms with van der Waals surface area (Å²) in [6, 6.07) is 2.61. The predicted molar refractivity (Wildman–Crippen MR) is 72.8 cm³/mol. The lowest BCUT2D eigenvalue weighted by molar-refractivity contribution is -0.143. The van der Waals surface area contributed by atoms with Crippen LogP contribution in [0.1, 0.15) is 44.4 Å². The number of methoxy groups -OCH3 is 1. The normalized spacial score (nSPS) is 20.5. The van der Waals surface area contributed by atoms with E-state index in [9.17, 15) is 13.6 Å². The van der Waals surface area contributed by atoms with Crippen molar-refractivity contribution in [3.8, 4) is 5.88 Å². The number of nitrogens with zero attached hydrogens (tertiary/aromatic N) is 1. The van der Waals surface area contributed by atoms with Crippen LogP contribution in [0.25, 0.3) is 0 Å². The predicted octanol–water partition coefficient (Wildman–Crippen LogP) is 3.05. The molecule has 1 aromatic rings. The molecule has 1 aliphatic carbocycles. The van der Waals surface area contributed by atoms with E-state index in [1.165, 1.54) is 19.2 Å². The van der Waals surface area contributed by atoms with Crippen molar-refractivity contribution >= 4 is 5.78 Å². The second-order valence-electron chi connectivity index (χ2n) is 6.07. The Morgan fingerprint density at radius 3 is 2.57 bits per heavy atom. The second-order valence-corrected chi connectivity index (χ2v) is 6.07. The van der Waals surface area contributed by atoms with Gasteiger partial charge in [0.15, 0.2) is 0 Å². The number of pyridine rings is 1. The summed E-state index contributed by atoms with van der Waals surface area (Å²) in [5, 5.41) is 0. The second kappa shape index (κ2) is 5.33. The Kier molecular flexibility index (Phi) is 4.02. The van der Waals surface area contributed by atoms with Crippen molar-refractivity contribution < 1.29 is 23.0 Å². The summed E-state index contributed by atoms with van der Waals surface area (Å²) >= 11 is 0. The lowest BCUT2D eigenvalue weighted by Gasteiger charge is -2.21. The minimum Gasteiger partial charge on any atom is -0.472 e. The number of aromatic nitrogens is 1. The van der Waals surface area contributed by atoms with E-state index in [0.717, 1.165) is 0 Å². The van der Waals surface area contributed by atoms with Gasteiger partial charge in [-0.05, 0) is 33.3 Å². The molecule has 1 aliphatic rings. The number of rotatable bonds is 4. The van der Waals surface area contributed by atoms with Crippen LogP contribution >= 0.6 is 0 Å². The largest absolute Gasteiger partial charge is 0.472 e. The number of halogens is 2. The fraction of sp³-hybridized carbons (Fsp3) is 0.600. The van der Waals surface area contributed by atoms with Crippen LogP contribution in [0.15, 0.2) is 12.1 Å². The quantitative estimate of drug-likeness (QED) is 0.857. The number of carbonyl (C=O) groups is 1. The molecule has 1 aromatic heterocycles. The number of hydrogen-bond acceptors (Lipinski definition) is 4. The fourth-order valence-corrected chi connectivity index (χ4v) is 2.34. The van der Waals surface area contributed by atoms with Gasteiger partial charge in [-0.1, -0.05) is 0 Å². The van der Waals surface area contributed by atoms with Crippen LogP contribution in [-0.4, -0.2) is 30.1 Å². The number of hydrogen-bond donors (Lipinski definition) is 0. The molecule has 0 aliphatic heterocycles. The maximum Gasteiger partial charge on any atom is 0.332 e. The summed E-state index contributed by atoms with van der Waals surface area (Å²) in [4.78, 5) is 16.0. The Morgan fingerprint density at radius 2 is 2.00 bits per heavy atom. The van der Waals surface area contributed by atoms with Gasteiger partial charge in [0.2, 0.25) is 11.7 Å². The molecule has 0 spiro atoms. The molecule has 0 N–H and O–H groups in total. The minimum absolute atomic E-state index is 0.101. The van der Waals surface area contributed by atoms with Crippen molar-refractivity contribution in [2.45, 2.75) is 44.6 Å². The van der Waals surface area contributed by atoms with E-state index in [1.807, 2.05) is 20.8 Å². The molecule has 0 fully saturated rings. The van der Waals surface area contributed by atoms with Crippen molar-refractivity contribution in [1.29, 1.82) is 0 Å². The van der Waals surface area contributed by atoms with Gasteiger partial charge in [0.1, 0.15) is 5.60 Å². The van der Waals surface area contributed by atoms with Crippen LogP contribution in [0.3, 0.4) is 0 Å². The number of alkyl halides is 2. The molecule has 1 unspecified atom stereocenters. The van der Waals surface area contributed by atoms with Gasteiger partial charge in [-0.25, -0.2) is 4.98 Å². The zero-order valence-corrected chi connectivity index (χ0v) is 12.6. The molecular formula is C15H19F2NO3. The zero-order valence-electron chi connectivity index (χ0n) is 12.6. The summed E-state index contributed by atoms with van der Waals surface area (Å²) in [7, 11) is 1.46.